The molecule has 1 aliphatic rings. The molecule has 0 radical (unpaired) electrons. The van der Waals surface area contributed by atoms with E-state index in [9.17, 15) is 9.50 Å². The summed E-state index contributed by atoms with van der Waals surface area (Å²) in [6.07, 6.45) is 11.5. The van der Waals surface area contributed by atoms with Crippen molar-refractivity contribution in [2.24, 2.45) is 5.92 Å². The van der Waals surface area contributed by atoms with E-state index in [2.05, 4.69) is 6.92 Å². The molecule has 2 rings (SSSR count). The maximum atomic E-state index is 13.4. The van der Waals surface area contributed by atoms with Gasteiger partial charge in [-0.1, -0.05) is 57.2 Å². The van der Waals surface area contributed by atoms with Crippen LogP contribution in [0.15, 0.2) is 24.3 Å². The van der Waals surface area contributed by atoms with Gasteiger partial charge >= 0.3 is 0 Å². The van der Waals surface area contributed by atoms with Crippen molar-refractivity contribution in [1.29, 1.82) is 0 Å². The molecule has 0 spiro atoms. The summed E-state index contributed by atoms with van der Waals surface area (Å²) < 4.78 is 24.0. The Labute approximate surface area is 150 Å². The highest BCUT2D eigenvalue weighted by Crippen LogP contribution is 2.28. The first kappa shape index (κ1) is 19.9. The molecule has 1 saturated heterocycles. The van der Waals surface area contributed by atoms with Crippen LogP contribution in [0.3, 0.4) is 0 Å². The molecule has 1 aliphatic heterocycles. The number of rotatable bonds is 11. The smallest absolute Gasteiger partial charge is 0.165 e. The first-order valence-electron chi connectivity index (χ1n) is 9.45. The second-order valence-electron chi connectivity index (χ2n) is 6.90. The average molecular weight is 350 g/mol. The first-order chi connectivity index (χ1) is 12.1. The SMILES string of the molecule is CCCCCCCC(O)CC1COC1/C=C/c1ccc(F)c(OC)c1. The number of ether oxygens (including phenoxy) is 2. The Morgan fingerprint density at radius 3 is 2.80 bits per heavy atom. The van der Waals surface area contributed by atoms with Gasteiger partial charge in [-0.05, 0) is 30.5 Å². The van der Waals surface area contributed by atoms with Crippen molar-refractivity contribution in [3.05, 3.63) is 35.7 Å². The van der Waals surface area contributed by atoms with Crippen LogP contribution in [0.1, 0.15) is 57.4 Å². The van der Waals surface area contributed by atoms with E-state index in [1.54, 1.807) is 12.1 Å². The minimum absolute atomic E-state index is 0.0331. The van der Waals surface area contributed by atoms with Gasteiger partial charge in [-0.2, -0.15) is 0 Å². The maximum Gasteiger partial charge on any atom is 0.165 e. The Kier molecular flexibility index (Phi) is 8.42. The number of aliphatic hydroxyl groups is 1. The second kappa shape index (κ2) is 10.6. The Morgan fingerprint density at radius 2 is 2.12 bits per heavy atom. The predicted octanol–water partition coefficient (Wildman–Crippen LogP) is 4.97. The normalized spacial score (nSPS) is 21.3. The Morgan fingerprint density at radius 1 is 1.32 bits per heavy atom. The predicted molar refractivity (Wildman–Crippen MR) is 99.2 cm³/mol. The summed E-state index contributed by atoms with van der Waals surface area (Å²) in [5, 5.41) is 10.2. The van der Waals surface area contributed by atoms with Crippen LogP contribution in [0.2, 0.25) is 0 Å². The third kappa shape index (κ3) is 6.44. The van der Waals surface area contributed by atoms with Crippen LogP contribution in [0.5, 0.6) is 5.75 Å². The van der Waals surface area contributed by atoms with Crippen LogP contribution >= 0.6 is 0 Å². The number of unbranched alkanes of at least 4 members (excludes halogenated alkanes) is 4. The highest BCUT2D eigenvalue weighted by Gasteiger charge is 2.31. The van der Waals surface area contributed by atoms with Crippen molar-refractivity contribution in [2.45, 2.75) is 64.1 Å². The number of hydrogen-bond acceptors (Lipinski definition) is 3. The summed E-state index contributed by atoms with van der Waals surface area (Å²) in [6.45, 7) is 2.91. The fourth-order valence-corrected chi connectivity index (χ4v) is 3.20. The van der Waals surface area contributed by atoms with Gasteiger partial charge in [0.1, 0.15) is 0 Å². The van der Waals surface area contributed by atoms with Gasteiger partial charge in [-0.15, -0.1) is 0 Å². The van der Waals surface area contributed by atoms with E-state index >= 15 is 0 Å². The van der Waals surface area contributed by atoms with Crippen molar-refractivity contribution >= 4 is 6.08 Å². The molecular weight excluding hydrogens is 319 g/mol. The van der Waals surface area contributed by atoms with Crippen molar-refractivity contribution < 1.29 is 19.0 Å². The number of halogens is 1. The second-order valence-corrected chi connectivity index (χ2v) is 6.90. The van der Waals surface area contributed by atoms with Gasteiger partial charge < -0.3 is 14.6 Å². The van der Waals surface area contributed by atoms with Crippen molar-refractivity contribution in [2.75, 3.05) is 13.7 Å². The number of methoxy groups -OCH3 is 1. The van der Waals surface area contributed by atoms with Crippen LogP contribution in [0.4, 0.5) is 4.39 Å². The molecule has 1 aromatic rings. The molecule has 4 heteroatoms. The van der Waals surface area contributed by atoms with Crippen molar-refractivity contribution in [3.8, 4) is 5.75 Å². The Hall–Kier alpha value is -1.39. The van der Waals surface area contributed by atoms with Crippen molar-refractivity contribution in [3.63, 3.8) is 0 Å². The molecule has 0 saturated carbocycles. The number of benzene rings is 1. The lowest BCUT2D eigenvalue weighted by Crippen LogP contribution is -2.40. The Balaban J connectivity index is 1.74. The zero-order chi connectivity index (χ0) is 18.1. The van der Waals surface area contributed by atoms with Crippen LogP contribution < -0.4 is 4.74 Å². The van der Waals surface area contributed by atoms with Gasteiger partial charge in [0.25, 0.3) is 0 Å². The van der Waals surface area contributed by atoms with Gasteiger partial charge in [-0.25, -0.2) is 4.39 Å². The standard InChI is InChI=1S/C21H31FO3/c1-3-4-5-6-7-8-18(23)14-17-15-25-20(17)12-10-16-9-11-19(22)21(13-16)24-2/h9-13,17-18,20,23H,3-8,14-15H2,1-2H3/b12-10+. The molecule has 0 amide bonds. The first-order valence-corrected chi connectivity index (χ1v) is 9.45. The summed E-state index contributed by atoms with van der Waals surface area (Å²) >= 11 is 0. The van der Waals surface area contributed by atoms with Crippen LogP contribution in [0.25, 0.3) is 6.08 Å². The van der Waals surface area contributed by atoms with Crippen molar-refractivity contribution in [1.82, 2.24) is 0 Å². The topological polar surface area (TPSA) is 38.7 Å². The number of hydrogen-bond donors (Lipinski definition) is 1. The van der Waals surface area contributed by atoms with E-state index in [-0.39, 0.29) is 23.8 Å². The molecule has 3 nitrogen and oxygen atoms in total. The summed E-state index contributed by atoms with van der Waals surface area (Å²) in [7, 11) is 1.46. The van der Waals surface area contributed by atoms with Gasteiger partial charge in [0.05, 0.1) is 25.9 Å². The lowest BCUT2D eigenvalue weighted by atomic mass is 9.89. The molecular formula is C21H31FO3. The molecule has 0 bridgehead atoms. The maximum absolute atomic E-state index is 13.4. The van der Waals surface area contributed by atoms with E-state index in [0.29, 0.717) is 12.5 Å². The summed E-state index contributed by atoms with van der Waals surface area (Å²) in [5.41, 5.74) is 0.879. The molecule has 25 heavy (non-hydrogen) atoms. The van der Waals surface area contributed by atoms with Crippen LogP contribution in [-0.4, -0.2) is 31.0 Å². The molecule has 0 aliphatic carbocycles. The highest BCUT2D eigenvalue weighted by atomic mass is 19.1. The average Bonchev–Trinajstić information content (AvgIpc) is 2.60. The molecule has 3 unspecified atom stereocenters. The van der Waals surface area contributed by atoms with Crippen LogP contribution in [0, 0.1) is 11.7 Å². The summed E-state index contributed by atoms with van der Waals surface area (Å²) in [4.78, 5) is 0. The molecule has 3 atom stereocenters. The van der Waals surface area contributed by atoms with Gasteiger partial charge in [0.2, 0.25) is 0 Å². The van der Waals surface area contributed by atoms with Gasteiger partial charge in [-0.3, -0.25) is 0 Å². The molecule has 1 fully saturated rings. The summed E-state index contributed by atoms with van der Waals surface area (Å²) in [5.74, 6) is 0.246. The molecule has 0 aromatic heterocycles. The van der Waals surface area contributed by atoms with E-state index in [4.69, 9.17) is 9.47 Å². The quantitative estimate of drug-likeness (QED) is 0.572. The lowest BCUT2D eigenvalue weighted by Gasteiger charge is -2.36. The third-order valence-electron chi connectivity index (χ3n) is 4.84. The number of aliphatic hydroxyl groups excluding tert-OH is 1. The van der Waals surface area contributed by atoms with E-state index in [1.165, 1.54) is 38.9 Å². The highest BCUT2D eigenvalue weighted by molar-refractivity contribution is 5.52. The zero-order valence-corrected chi connectivity index (χ0v) is 15.4. The van der Waals surface area contributed by atoms with E-state index in [1.807, 2.05) is 12.2 Å². The minimum Gasteiger partial charge on any atom is -0.494 e. The molecule has 1 N–H and O–H groups in total. The summed E-state index contributed by atoms with van der Waals surface area (Å²) in [6, 6.07) is 4.79. The van der Waals surface area contributed by atoms with E-state index in [0.717, 1.165) is 24.8 Å². The lowest BCUT2D eigenvalue weighted by molar-refractivity contribution is -0.101. The minimum atomic E-state index is -0.362. The van der Waals surface area contributed by atoms with Crippen LogP contribution in [-0.2, 0) is 4.74 Å². The molecule has 1 aromatic carbocycles. The Bertz CT molecular complexity index is 544. The fourth-order valence-electron chi connectivity index (χ4n) is 3.20. The largest absolute Gasteiger partial charge is 0.494 e. The molecule has 1 heterocycles. The van der Waals surface area contributed by atoms with E-state index < -0.39 is 0 Å². The third-order valence-corrected chi connectivity index (χ3v) is 4.84. The monoisotopic (exact) mass is 350 g/mol. The zero-order valence-electron chi connectivity index (χ0n) is 15.4. The van der Waals surface area contributed by atoms with Gasteiger partial charge in [0.15, 0.2) is 11.6 Å². The fraction of sp³-hybridized carbons (Fsp3) is 0.619. The molecule has 140 valence electrons. The van der Waals surface area contributed by atoms with Gasteiger partial charge in [0, 0.05) is 5.92 Å².